The molecular weight excluding hydrogens is 436 g/mol. The number of hydrogen-bond acceptors (Lipinski definition) is 4. The molecule has 0 aliphatic heterocycles. The largest absolute Gasteiger partial charge is 0.481 e. The van der Waals surface area contributed by atoms with Gasteiger partial charge in [0.25, 0.3) is 0 Å². The van der Waals surface area contributed by atoms with E-state index < -0.39 is 51.1 Å². The third-order valence-corrected chi connectivity index (χ3v) is 8.18. The highest BCUT2D eigenvalue weighted by atomic mass is 16.4. The summed E-state index contributed by atoms with van der Waals surface area (Å²) in [5, 5.41) is 44.3. The molecule has 0 saturated heterocycles. The van der Waals surface area contributed by atoms with Gasteiger partial charge in [0.15, 0.2) is 5.60 Å². The van der Waals surface area contributed by atoms with E-state index in [2.05, 4.69) is 0 Å². The molecule has 34 heavy (non-hydrogen) atoms. The Kier molecular flexibility index (Phi) is 11.3. The fraction of sp³-hybridized carbons (Fsp3) is 0.889. The average molecular weight is 487 g/mol. The lowest BCUT2D eigenvalue weighted by atomic mass is 9.40. The van der Waals surface area contributed by atoms with Crippen molar-refractivity contribution in [2.24, 2.45) is 27.6 Å². The Morgan fingerprint density at radius 1 is 0.647 bits per heavy atom. The number of aliphatic hydroxyl groups is 1. The first-order valence-electron chi connectivity index (χ1n) is 12.8. The van der Waals surface area contributed by atoms with E-state index in [1.165, 1.54) is 0 Å². The monoisotopic (exact) mass is 486 g/mol. The van der Waals surface area contributed by atoms with Crippen molar-refractivity contribution in [3.8, 4) is 0 Å². The normalized spacial score (nSPS) is 16.1. The number of carbonyl (C=O) groups is 3. The number of unbranched alkanes of at least 4 members (excludes halogenated alkanes) is 3. The summed E-state index contributed by atoms with van der Waals surface area (Å²) in [7, 11) is 0. The maximum atomic E-state index is 13.4. The van der Waals surface area contributed by atoms with Crippen LogP contribution in [0, 0.1) is 27.6 Å². The SMILES string of the molecule is CCCCC(C)(C)C(C(=O)O)C(O)(C(=O)O)C(C(=O)O)(C(C)(C)CCCC)C(C)(C)CCCC. The van der Waals surface area contributed by atoms with E-state index in [1.54, 1.807) is 41.5 Å². The molecule has 7 nitrogen and oxygen atoms in total. The van der Waals surface area contributed by atoms with Gasteiger partial charge < -0.3 is 20.4 Å². The molecule has 0 aromatic carbocycles. The van der Waals surface area contributed by atoms with Crippen LogP contribution in [0.1, 0.15) is 120 Å². The molecule has 0 aliphatic carbocycles. The quantitative estimate of drug-likeness (QED) is 0.192. The van der Waals surface area contributed by atoms with Gasteiger partial charge in [-0.3, -0.25) is 9.59 Å². The lowest BCUT2D eigenvalue weighted by molar-refractivity contribution is -0.256. The second-order valence-electron chi connectivity index (χ2n) is 12.0. The summed E-state index contributed by atoms with van der Waals surface area (Å²) in [6.45, 7) is 15.8. The summed E-state index contributed by atoms with van der Waals surface area (Å²) in [5.41, 5.74) is -8.97. The molecule has 0 bridgehead atoms. The van der Waals surface area contributed by atoms with Crippen LogP contribution in [-0.2, 0) is 14.4 Å². The van der Waals surface area contributed by atoms with Crippen LogP contribution >= 0.6 is 0 Å². The predicted octanol–water partition coefficient (Wildman–Crippen LogP) is 6.22. The van der Waals surface area contributed by atoms with Gasteiger partial charge in [-0.15, -0.1) is 0 Å². The summed E-state index contributed by atoms with van der Waals surface area (Å²) in [5.74, 6) is -6.57. The van der Waals surface area contributed by atoms with Crippen LogP contribution in [0.15, 0.2) is 0 Å². The third-order valence-electron chi connectivity index (χ3n) is 8.18. The first-order chi connectivity index (χ1) is 15.4. The Labute approximate surface area is 206 Å². The van der Waals surface area contributed by atoms with Crippen LogP contribution in [0.3, 0.4) is 0 Å². The molecule has 4 N–H and O–H groups in total. The smallest absolute Gasteiger partial charge is 0.337 e. The zero-order valence-electron chi connectivity index (χ0n) is 23.0. The fourth-order valence-corrected chi connectivity index (χ4v) is 6.66. The van der Waals surface area contributed by atoms with Crippen molar-refractivity contribution in [2.75, 3.05) is 0 Å². The zero-order chi connectivity index (χ0) is 27.2. The summed E-state index contributed by atoms with van der Waals surface area (Å²) in [4.78, 5) is 39.3. The van der Waals surface area contributed by atoms with Crippen LogP contribution < -0.4 is 0 Å². The first kappa shape index (κ1) is 32.4. The molecule has 0 saturated carbocycles. The minimum Gasteiger partial charge on any atom is -0.481 e. The van der Waals surface area contributed by atoms with Crippen LogP contribution in [-0.4, -0.2) is 43.9 Å². The summed E-state index contributed by atoms with van der Waals surface area (Å²) >= 11 is 0. The van der Waals surface area contributed by atoms with Crippen molar-refractivity contribution < 1.29 is 34.8 Å². The predicted molar refractivity (Wildman–Crippen MR) is 134 cm³/mol. The van der Waals surface area contributed by atoms with Crippen molar-refractivity contribution in [2.45, 2.75) is 126 Å². The first-order valence-corrected chi connectivity index (χ1v) is 12.8. The van der Waals surface area contributed by atoms with E-state index >= 15 is 0 Å². The highest BCUT2D eigenvalue weighted by molar-refractivity contribution is 5.95. The second kappa shape index (κ2) is 11.9. The average Bonchev–Trinajstić information content (AvgIpc) is 2.68. The molecular formula is C27H50O7. The molecule has 0 heterocycles. The maximum absolute atomic E-state index is 13.4. The lowest BCUT2D eigenvalue weighted by Crippen LogP contribution is -2.75. The Morgan fingerprint density at radius 2 is 1.00 bits per heavy atom. The molecule has 0 aliphatic rings. The Balaban J connectivity index is 7.78. The summed E-state index contributed by atoms with van der Waals surface area (Å²) in [6.07, 6.45) is 5.16. The molecule has 0 radical (unpaired) electrons. The van der Waals surface area contributed by atoms with Crippen molar-refractivity contribution >= 4 is 17.9 Å². The Hall–Kier alpha value is -1.63. The zero-order valence-corrected chi connectivity index (χ0v) is 23.0. The van der Waals surface area contributed by atoms with E-state index in [1.807, 2.05) is 20.8 Å². The number of hydrogen-bond donors (Lipinski definition) is 4. The minimum atomic E-state index is -3.06. The molecule has 2 unspecified atom stereocenters. The van der Waals surface area contributed by atoms with Gasteiger partial charge in [-0.05, 0) is 35.5 Å². The fourth-order valence-electron chi connectivity index (χ4n) is 6.66. The van der Waals surface area contributed by atoms with Crippen molar-refractivity contribution in [1.82, 2.24) is 0 Å². The van der Waals surface area contributed by atoms with Crippen LogP contribution in [0.5, 0.6) is 0 Å². The second-order valence-corrected chi connectivity index (χ2v) is 12.0. The topological polar surface area (TPSA) is 132 Å². The van der Waals surface area contributed by atoms with E-state index in [-0.39, 0.29) is 0 Å². The molecule has 0 rings (SSSR count). The molecule has 2 atom stereocenters. The number of carboxylic acid groups (broad SMARTS) is 3. The van der Waals surface area contributed by atoms with Gasteiger partial charge in [-0.25, -0.2) is 4.79 Å². The molecule has 0 fully saturated rings. The molecule has 0 aromatic heterocycles. The van der Waals surface area contributed by atoms with Crippen LogP contribution in [0.4, 0.5) is 0 Å². The van der Waals surface area contributed by atoms with Crippen LogP contribution in [0.2, 0.25) is 0 Å². The third kappa shape index (κ3) is 5.60. The maximum Gasteiger partial charge on any atom is 0.337 e. The van der Waals surface area contributed by atoms with E-state index in [4.69, 9.17) is 0 Å². The molecule has 0 amide bonds. The van der Waals surface area contributed by atoms with Gasteiger partial charge in [0, 0.05) is 0 Å². The summed E-state index contributed by atoms with van der Waals surface area (Å²) in [6, 6.07) is 0. The highest BCUT2D eigenvalue weighted by Crippen LogP contribution is 2.65. The minimum absolute atomic E-state index is 0.336. The standard InChI is InChI=1S/C27H50O7/c1-10-13-16-23(4,5)19(20(28)29)26(34,21(30)31)27(22(32)33,24(6,7)17-14-11-2)25(8,9)18-15-12-3/h19,34H,10-18H2,1-9H3,(H,28,29)(H,30,31)(H,32,33). The van der Waals surface area contributed by atoms with Crippen molar-refractivity contribution in [1.29, 1.82) is 0 Å². The number of aliphatic carboxylic acids is 3. The van der Waals surface area contributed by atoms with Crippen molar-refractivity contribution in [3.05, 3.63) is 0 Å². The van der Waals surface area contributed by atoms with Crippen molar-refractivity contribution in [3.63, 3.8) is 0 Å². The number of carboxylic acids is 3. The van der Waals surface area contributed by atoms with Gasteiger partial charge in [0.05, 0.1) is 0 Å². The number of rotatable bonds is 17. The van der Waals surface area contributed by atoms with E-state index in [0.717, 1.165) is 19.3 Å². The van der Waals surface area contributed by atoms with Gasteiger partial charge in [0.2, 0.25) is 0 Å². The molecule has 200 valence electrons. The molecule has 0 aromatic rings. The lowest BCUT2D eigenvalue weighted by Gasteiger charge is -2.61. The van der Waals surface area contributed by atoms with E-state index in [9.17, 15) is 34.8 Å². The van der Waals surface area contributed by atoms with Gasteiger partial charge >= 0.3 is 17.9 Å². The van der Waals surface area contributed by atoms with Gasteiger partial charge in [-0.2, -0.15) is 0 Å². The molecule has 0 spiro atoms. The Bertz CT molecular complexity index is 688. The molecule has 7 heteroatoms. The Morgan fingerprint density at radius 3 is 1.26 bits per heavy atom. The highest BCUT2D eigenvalue weighted by Gasteiger charge is 2.77. The van der Waals surface area contributed by atoms with Gasteiger partial charge in [-0.1, -0.05) is 101 Å². The van der Waals surface area contributed by atoms with E-state index in [0.29, 0.717) is 38.5 Å². The summed E-state index contributed by atoms with van der Waals surface area (Å²) < 4.78 is 0. The van der Waals surface area contributed by atoms with Crippen LogP contribution in [0.25, 0.3) is 0 Å². The van der Waals surface area contributed by atoms with Gasteiger partial charge in [0.1, 0.15) is 11.3 Å².